The van der Waals surface area contributed by atoms with E-state index in [0.29, 0.717) is 25.8 Å². The van der Waals surface area contributed by atoms with E-state index in [9.17, 15) is 9.90 Å². The molecule has 2 N–H and O–H groups in total. The lowest BCUT2D eigenvalue weighted by atomic mass is 10.1. The van der Waals surface area contributed by atoms with Gasteiger partial charge in [-0.2, -0.15) is 0 Å². The van der Waals surface area contributed by atoms with Crippen LogP contribution < -0.4 is 10.1 Å². The molecule has 4 aromatic carbocycles. The Hall–Kier alpha value is -1.56. The van der Waals surface area contributed by atoms with Crippen LogP contribution in [0.25, 0.3) is 10.8 Å². The van der Waals surface area contributed by atoms with Crippen molar-refractivity contribution in [2.45, 2.75) is 0 Å². The lowest BCUT2D eigenvalue weighted by molar-refractivity contribution is 0.102. The van der Waals surface area contributed by atoms with Gasteiger partial charge in [0.25, 0.3) is 5.91 Å². The predicted molar refractivity (Wildman–Crippen MR) is 145 cm³/mol. The van der Waals surface area contributed by atoms with Crippen molar-refractivity contribution < 1.29 is 14.6 Å². The van der Waals surface area contributed by atoms with Gasteiger partial charge in [0.2, 0.25) is 0 Å². The van der Waals surface area contributed by atoms with Crippen molar-refractivity contribution in [1.29, 1.82) is 0 Å². The third-order valence-corrected chi connectivity index (χ3v) is 6.95. The topological polar surface area (TPSA) is 58.6 Å². The molecule has 0 aliphatic rings. The van der Waals surface area contributed by atoms with Gasteiger partial charge in [0, 0.05) is 19.1 Å². The summed E-state index contributed by atoms with van der Waals surface area (Å²) in [6.07, 6.45) is 0. The highest BCUT2D eigenvalue weighted by atomic mass is 127. The zero-order chi connectivity index (χ0) is 22.1. The number of carbonyl (C=O) groups excluding carboxylic acids is 1. The van der Waals surface area contributed by atoms with Gasteiger partial charge in [0.1, 0.15) is 17.2 Å². The van der Waals surface area contributed by atoms with E-state index in [-0.39, 0.29) is 11.3 Å². The molecule has 0 saturated heterocycles. The normalized spacial score (nSPS) is 10.8. The molecule has 0 heterocycles. The first kappa shape index (κ1) is 22.6. The number of hydrogen-bond donors (Lipinski definition) is 2. The molecule has 0 aromatic heterocycles. The molecular weight excluding hydrogens is 707 g/mol. The standard InChI is InChI=1S/C23H13BrClI2NO3/c24-17-6-8-20(15-4-2-1-3-14(15)17)31-21-7-5-13(11-18(21)25)28-23(30)16-9-12(26)10-19(27)22(16)29/h1-11,29H,(H,28,30). The fourth-order valence-electron chi connectivity index (χ4n) is 3.04. The summed E-state index contributed by atoms with van der Waals surface area (Å²) in [5, 5.41) is 15.3. The number of phenols is 1. The van der Waals surface area contributed by atoms with Gasteiger partial charge in [-0.3, -0.25) is 4.79 Å². The number of carbonyl (C=O) groups is 1. The van der Waals surface area contributed by atoms with Crippen LogP contribution in [0.15, 0.2) is 71.2 Å². The number of halogens is 4. The van der Waals surface area contributed by atoms with Crippen molar-refractivity contribution >= 4 is 95.1 Å². The van der Waals surface area contributed by atoms with Crippen molar-refractivity contribution in [1.82, 2.24) is 0 Å². The van der Waals surface area contributed by atoms with Crippen LogP contribution in [-0.4, -0.2) is 11.0 Å². The zero-order valence-electron chi connectivity index (χ0n) is 15.6. The van der Waals surface area contributed by atoms with Crippen molar-refractivity contribution in [3.63, 3.8) is 0 Å². The zero-order valence-corrected chi connectivity index (χ0v) is 22.3. The first-order valence-electron chi connectivity index (χ1n) is 8.97. The molecule has 0 fully saturated rings. The summed E-state index contributed by atoms with van der Waals surface area (Å²) in [5.74, 6) is 0.680. The Balaban J connectivity index is 1.58. The quantitative estimate of drug-likeness (QED) is 0.209. The molecule has 0 aliphatic heterocycles. The fourth-order valence-corrected chi connectivity index (χ4v) is 5.58. The van der Waals surface area contributed by atoms with Crippen LogP contribution >= 0.6 is 72.7 Å². The van der Waals surface area contributed by atoms with Crippen LogP contribution in [0.2, 0.25) is 5.02 Å². The second kappa shape index (κ2) is 9.51. The summed E-state index contributed by atoms with van der Waals surface area (Å²) in [6, 6.07) is 20.1. The molecule has 0 atom stereocenters. The molecule has 0 bridgehead atoms. The number of aromatic hydroxyl groups is 1. The maximum atomic E-state index is 12.6. The van der Waals surface area contributed by atoms with Crippen LogP contribution in [0, 0.1) is 7.14 Å². The number of ether oxygens (including phenoxy) is 1. The second-order valence-electron chi connectivity index (χ2n) is 6.58. The van der Waals surface area contributed by atoms with E-state index < -0.39 is 5.91 Å². The van der Waals surface area contributed by atoms with Crippen molar-refractivity contribution in [3.05, 3.63) is 88.9 Å². The highest BCUT2D eigenvalue weighted by Gasteiger charge is 2.16. The van der Waals surface area contributed by atoms with Crippen molar-refractivity contribution in [3.8, 4) is 17.2 Å². The SMILES string of the molecule is O=C(Nc1ccc(Oc2ccc(Br)c3ccccc23)c(Cl)c1)c1cc(I)cc(I)c1O. The Morgan fingerprint density at radius 2 is 1.68 bits per heavy atom. The average Bonchev–Trinajstić information content (AvgIpc) is 2.74. The number of rotatable bonds is 4. The Kier molecular flexibility index (Phi) is 6.95. The number of anilines is 1. The van der Waals surface area contributed by atoms with Gasteiger partial charge < -0.3 is 15.2 Å². The molecule has 4 rings (SSSR count). The van der Waals surface area contributed by atoms with E-state index >= 15 is 0 Å². The molecule has 4 nitrogen and oxygen atoms in total. The molecule has 8 heteroatoms. The molecule has 0 spiro atoms. The molecule has 0 unspecified atom stereocenters. The number of benzene rings is 4. The number of fused-ring (bicyclic) bond motifs is 1. The van der Waals surface area contributed by atoms with E-state index in [2.05, 4.69) is 43.8 Å². The molecular formula is C23H13BrClI2NO3. The Labute approximate surface area is 219 Å². The first-order valence-corrected chi connectivity index (χ1v) is 12.3. The van der Waals surface area contributed by atoms with Crippen molar-refractivity contribution in [2.75, 3.05) is 5.32 Å². The smallest absolute Gasteiger partial charge is 0.259 e. The highest BCUT2D eigenvalue weighted by molar-refractivity contribution is 14.1. The minimum Gasteiger partial charge on any atom is -0.506 e. The predicted octanol–water partition coefficient (Wildman–Crippen LogP) is 8.22. The summed E-state index contributed by atoms with van der Waals surface area (Å²) < 4.78 is 8.51. The number of hydrogen-bond acceptors (Lipinski definition) is 3. The second-order valence-corrected chi connectivity index (χ2v) is 10.2. The number of phenolic OH excluding ortho intramolecular Hbond substituents is 1. The largest absolute Gasteiger partial charge is 0.506 e. The van der Waals surface area contributed by atoms with Crippen molar-refractivity contribution in [2.24, 2.45) is 0 Å². The molecule has 0 radical (unpaired) electrons. The average molecular weight is 721 g/mol. The third kappa shape index (κ3) is 4.94. The summed E-state index contributed by atoms with van der Waals surface area (Å²) in [6.45, 7) is 0. The minimum absolute atomic E-state index is 0.0494. The van der Waals surface area contributed by atoms with Gasteiger partial charge in [-0.05, 0) is 93.0 Å². The fraction of sp³-hybridized carbons (Fsp3) is 0. The van der Waals surface area contributed by atoms with Gasteiger partial charge >= 0.3 is 0 Å². The van der Waals surface area contributed by atoms with Crippen LogP contribution in [-0.2, 0) is 0 Å². The number of nitrogens with one attached hydrogen (secondary N) is 1. The van der Waals surface area contributed by atoms with E-state index in [4.69, 9.17) is 16.3 Å². The van der Waals surface area contributed by atoms with E-state index in [1.54, 1.807) is 30.3 Å². The van der Waals surface area contributed by atoms with Crippen LogP contribution in [0.1, 0.15) is 10.4 Å². The van der Waals surface area contributed by atoms with Gasteiger partial charge in [-0.15, -0.1) is 0 Å². The van der Waals surface area contributed by atoms with Crippen LogP contribution in [0.5, 0.6) is 17.2 Å². The minimum atomic E-state index is -0.419. The van der Waals surface area contributed by atoms with Gasteiger partial charge in [0.15, 0.2) is 0 Å². The number of amides is 1. The first-order chi connectivity index (χ1) is 14.8. The Morgan fingerprint density at radius 3 is 2.42 bits per heavy atom. The van der Waals surface area contributed by atoms with Gasteiger partial charge in [0.05, 0.1) is 14.2 Å². The summed E-state index contributed by atoms with van der Waals surface area (Å²) >= 11 is 14.1. The molecule has 0 saturated carbocycles. The lowest BCUT2D eigenvalue weighted by Gasteiger charge is -2.13. The van der Waals surface area contributed by atoms with Gasteiger partial charge in [-0.25, -0.2) is 0 Å². The maximum absolute atomic E-state index is 12.6. The molecule has 156 valence electrons. The van der Waals surface area contributed by atoms with E-state index in [1.807, 2.05) is 59.0 Å². The summed E-state index contributed by atoms with van der Waals surface area (Å²) in [5.41, 5.74) is 0.699. The monoisotopic (exact) mass is 719 g/mol. The summed E-state index contributed by atoms with van der Waals surface area (Å²) in [7, 11) is 0. The van der Waals surface area contributed by atoms with E-state index in [1.165, 1.54) is 0 Å². The van der Waals surface area contributed by atoms with Crippen LogP contribution in [0.4, 0.5) is 5.69 Å². The Morgan fingerprint density at radius 1 is 0.968 bits per heavy atom. The molecule has 0 aliphatic carbocycles. The highest BCUT2D eigenvalue weighted by Crippen LogP contribution is 2.37. The molecule has 1 amide bonds. The third-order valence-electron chi connectivity index (χ3n) is 4.51. The van der Waals surface area contributed by atoms with E-state index in [0.717, 1.165) is 18.8 Å². The maximum Gasteiger partial charge on any atom is 0.259 e. The lowest BCUT2D eigenvalue weighted by Crippen LogP contribution is -2.12. The summed E-state index contributed by atoms with van der Waals surface area (Å²) in [4.78, 5) is 12.6. The molecule has 4 aromatic rings. The van der Waals surface area contributed by atoms with Crippen LogP contribution in [0.3, 0.4) is 0 Å². The molecule has 31 heavy (non-hydrogen) atoms. The Bertz CT molecular complexity index is 1330. The van der Waals surface area contributed by atoms with Gasteiger partial charge in [-0.1, -0.05) is 51.8 Å².